The van der Waals surface area contributed by atoms with Crippen molar-refractivity contribution in [2.45, 2.75) is 52.4 Å². The highest BCUT2D eigenvalue weighted by molar-refractivity contribution is 5.81. The molecule has 0 spiro atoms. The highest BCUT2D eigenvalue weighted by Gasteiger charge is 2.38. The van der Waals surface area contributed by atoms with Gasteiger partial charge in [0.25, 0.3) is 0 Å². The van der Waals surface area contributed by atoms with E-state index in [0.29, 0.717) is 17.9 Å². The lowest BCUT2D eigenvalue weighted by atomic mass is 10.2. The summed E-state index contributed by atoms with van der Waals surface area (Å²) in [7, 11) is 0. The van der Waals surface area contributed by atoms with Crippen molar-refractivity contribution in [1.82, 2.24) is 19.6 Å². The van der Waals surface area contributed by atoms with Crippen molar-refractivity contribution in [3.05, 3.63) is 17.0 Å². The Labute approximate surface area is 137 Å². The van der Waals surface area contributed by atoms with E-state index in [0.717, 1.165) is 64.5 Å². The number of hydrogen-bond acceptors (Lipinski definition) is 4. The van der Waals surface area contributed by atoms with Gasteiger partial charge in [0, 0.05) is 43.7 Å². The van der Waals surface area contributed by atoms with Gasteiger partial charge in [-0.15, -0.1) is 0 Å². The summed E-state index contributed by atoms with van der Waals surface area (Å²) < 4.78 is 7.57. The maximum Gasteiger partial charge on any atom is 0.226 e. The molecule has 1 saturated heterocycles. The average molecular weight is 318 g/mol. The van der Waals surface area contributed by atoms with Crippen LogP contribution in [0, 0.1) is 5.92 Å². The van der Waals surface area contributed by atoms with Crippen LogP contribution in [0.5, 0.6) is 0 Å². The quantitative estimate of drug-likeness (QED) is 0.845. The number of aromatic nitrogens is 2. The third kappa shape index (κ3) is 2.90. The Balaban J connectivity index is 1.56. The Morgan fingerprint density at radius 1 is 1.26 bits per heavy atom. The van der Waals surface area contributed by atoms with Crippen LogP contribution in [-0.4, -0.2) is 51.8 Å². The molecule has 0 bridgehead atoms. The van der Waals surface area contributed by atoms with Crippen LogP contribution in [0.1, 0.15) is 49.7 Å². The molecule has 2 fully saturated rings. The lowest BCUT2D eigenvalue weighted by Gasteiger charge is -2.26. The van der Waals surface area contributed by atoms with E-state index >= 15 is 0 Å². The van der Waals surface area contributed by atoms with Gasteiger partial charge < -0.3 is 9.64 Å². The number of carbonyl (C=O) groups is 1. The molecule has 0 N–H and O–H groups in total. The van der Waals surface area contributed by atoms with Gasteiger partial charge in [0.15, 0.2) is 0 Å². The van der Waals surface area contributed by atoms with E-state index in [2.05, 4.69) is 23.4 Å². The second-order valence-electron chi connectivity index (χ2n) is 7.27. The van der Waals surface area contributed by atoms with Gasteiger partial charge in [0.2, 0.25) is 5.91 Å². The lowest BCUT2D eigenvalue weighted by Crippen LogP contribution is -2.36. The van der Waals surface area contributed by atoms with Gasteiger partial charge in [-0.25, -0.2) is 0 Å². The summed E-state index contributed by atoms with van der Waals surface area (Å²) in [6.07, 6.45) is 2.14. The Bertz CT molecular complexity index is 600. The molecule has 1 aromatic rings. The summed E-state index contributed by atoms with van der Waals surface area (Å²) in [5.41, 5.74) is 3.69. The van der Waals surface area contributed by atoms with Crippen molar-refractivity contribution >= 4 is 5.91 Å². The Kier molecular flexibility index (Phi) is 3.89. The summed E-state index contributed by atoms with van der Waals surface area (Å²) in [5, 5.41) is 4.88. The SMILES string of the molecule is CC(C)n1nc(CN2CCOCC2)c2c1CN(C(=O)C1CC1)C2. The largest absolute Gasteiger partial charge is 0.379 e. The van der Waals surface area contributed by atoms with Gasteiger partial charge in [-0.05, 0) is 26.7 Å². The summed E-state index contributed by atoms with van der Waals surface area (Å²) in [4.78, 5) is 16.9. The number of morpholine rings is 1. The molecule has 23 heavy (non-hydrogen) atoms. The first-order valence-corrected chi connectivity index (χ1v) is 8.81. The zero-order chi connectivity index (χ0) is 16.0. The lowest BCUT2D eigenvalue weighted by molar-refractivity contribution is -0.133. The first-order valence-electron chi connectivity index (χ1n) is 8.81. The van der Waals surface area contributed by atoms with Crippen LogP contribution in [0.2, 0.25) is 0 Å². The zero-order valence-corrected chi connectivity index (χ0v) is 14.1. The average Bonchev–Trinajstić information content (AvgIpc) is 3.21. The molecule has 3 heterocycles. The Morgan fingerprint density at radius 3 is 2.65 bits per heavy atom. The van der Waals surface area contributed by atoms with Gasteiger partial charge in [-0.2, -0.15) is 5.10 Å². The Morgan fingerprint density at radius 2 is 2.00 bits per heavy atom. The van der Waals surface area contributed by atoms with E-state index in [1.54, 1.807) is 0 Å². The van der Waals surface area contributed by atoms with Gasteiger partial charge in [-0.3, -0.25) is 14.4 Å². The van der Waals surface area contributed by atoms with Crippen LogP contribution in [0.3, 0.4) is 0 Å². The highest BCUT2D eigenvalue weighted by atomic mass is 16.5. The van der Waals surface area contributed by atoms with Gasteiger partial charge in [0.1, 0.15) is 0 Å². The minimum atomic E-state index is 0.294. The smallest absolute Gasteiger partial charge is 0.226 e. The molecule has 6 heteroatoms. The van der Waals surface area contributed by atoms with E-state index in [1.807, 2.05) is 4.90 Å². The summed E-state index contributed by atoms with van der Waals surface area (Å²) in [5.74, 6) is 0.635. The number of amides is 1. The van der Waals surface area contributed by atoms with Crippen molar-refractivity contribution in [2.75, 3.05) is 26.3 Å². The van der Waals surface area contributed by atoms with E-state index in [4.69, 9.17) is 9.84 Å². The van der Waals surface area contributed by atoms with Crippen molar-refractivity contribution in [3.63, 3.8) is 0 Å². The molecule has 4 rings (SSSR count). The zero-order valence-electron chi connectivity index (χ0n) is 14.1. The molecule has 0 unspecified atom stereocenters. The number of fused-ring (bicyclic) bond motifs is 1. The van der Waals surface area contributed by atoms with Crippen LogP contribution >= 0.6 is 0 Å². The first-order chi connectivity index (χ1) is 11.1. The van der Waals surface area contributed by atoms with E-state index in [1.165, 1.54) is 11.3 Å². The third-order valence-electron chi connectivity index (χ3n) is 5.10. The predicted octanol–water partition coefficient (Wildman–Crippen LogP) is 1.55. The maximum absolute atomic E-state index is 12.4. The number of nitrogens with zero attached hydrogens (tertiary/aromatic N) is 4. The van der Waals surface area contributed by atoms with Crippen LogP contribution in [-0.2, 0) is 29.2 Å². The Hall–Kier alpha value is -1.40. The van der Waals surface area contributed by atoms with E-state index in [9.17, 15) is 4.79 Å². The number of hydrogen-bond donors (Lipinski definition) is 0. The second-order valence-corrected chi connectivity index (χ2v) is 7.27. The van der Waals surface area contributed by atoms with Gasteiger partial charge in [0.05, 0.1) is 31.1 Å². The summed E-state index contributed by atoms with van der Waals surface area (Å²) >= 11 is 0. The molecular weight excluding hydrogens is 292 g/mol. The second kappa shape index (κ2) is 5.91. The first kappa shape index (κ1) is 15.1. The van der Waals surface area contributed by atoms with E-state index < -0.39 is 0 Å². The molecule has 126 valence electrons. The molecule has 2 aliphatic heterocycles. The fourth-order valence-electron chi connectivity index (χ4n) is 3.60. The van der Waals surface area contributed by atoms with Gasteiger partial charge >= 0.3 is 0 Å². The molecule has 0 radical (unpaired) electrons. The molecule has 0 aromatic carbocycles. The topological polar surface area (TPSA) is 50.6 Å². The number of carbonyl (C=O) groups excluding carboxylic acids is 1. The van der Waals surface area contributed by atoms with Crippen LogP contribution < -0.4 is 0 Å². The molecule has 6 nitrogen and oxygen atoms in total. The number of rotatable bonds is 4. The normalized spacial score (nSPS) is 22.0. The fraction of sp³-hybridized carbons (Fsp3) is 0.765. The van der Waals surface area contributed by atoms with Crippen molar-refractivity contribution in [3.8, 4) is 0 Å². The fourth-order valence-corrected chi connectivity index (χ4v) is 3.60. The van der Waals surface area contributed by atoms with Crippen LogP contribution in [0.15, 0.2) is 0 Å². The summed E-state index contributed by atoms with van der Waals surface area (Å²) in [6.45, 7) is 10.2. The molecular formula is C17H26N4O2. The minimum Gasteiger partial charge on any atom is -0.379 e. The molecule has 1 saturated carbocycles. The molecule has 0 atom stereocenters. The van der Waals surface area contributed by atoms with Crippen LogP contribution in [0.25, 0.3) is 0 Å². The third-order valence-corrected chi connectivity index (χ3v) is 5.10. The minimum absolute atomic E-state index is 0.294. The maximum atomic E-state index is 12.4. The van der Waals surface area contributed by atoms with Crippen molar-refractivity contribution in [1.29, 1.82) is 0 Å². The van der Waals surface area contributed by atoms with Crippen molar-refractivity contribution in [2.24, 2.45) is 5.92 Å². The molecule has 1 aliphatic carbocycles. The molecule has 1 aromatic heterocycles. The highest BCUT2D eigenvalue weighted by Crippen LogP contribution is 2.36. The van der Waals surface area contributed by atoms with Crippen molar-refractivity contribution < 1.29 is 9.53 Å². The number of ether oxygens (including phenoxy) is 1. The van der Waals surface area contributed by atoms with Gasteiger partial charge in [-0.1, -0.05) is 0 Å². The monoisotopic (exact) mass is 318 g/mol. The standard InChI is InChI=1S/C17H26N4O2/c1-12(2)21-16-11-20(17(22)13-3-4-13)9-14(16)15(18-21)10-19-5-7-23-8-6-19/h12-13H,3-11H2,1-2H3. The van der Waals surface area contributed by atoms with Crippen LogP contribution in [0.4, 0.5) is 0 Å². The molecule has 1 amide bonds. The molecule has 3 aliphatic rings. The predicted molar refractivity (Wildman–Crippen MR) is 85.7 cm³/mol. The summed E-state index contributed by atoms with van der Waals surface area (Å²) in [6, 6.07) is 0.332. The van der Waals surface area contributed by atoms with E-state index in [-0.39, 0.29) is 0 Å².